The molecule has 78 heavy (non-hydrogen) atoms. The molecule has 3 fully saturated rings. The molecule has 3 aliphatic carbocycles. The fourth-order valence-electron chi connectivity index (χ4n) is 11.9. The Morgan fingerprint density at radius 1 is 0.744 bits per heavy atom. The zero-order chi connectivity index (χ0) is 56.5. The van der Waals surface area contributed by atoms with Crippen molar-refractivity contribution in [1.82, 2.24) is 5.32 Å². The van der Waals surface area contributed by atoms with Gasteiger partial charge in [0.1, 0.15) is 35.8 Å². The number of amides is 1. The molecule has 1 amide bonds. The number of ether oxygens (including phenoxy) is 6. The van der Waals surface area contributed by atoms with Gasteiger partial charge in [0.2, 0.25) is 0 Å². The first kappa shape index (κ1) is 56.3. The van der Waals surface area contributed by atoms with Crippen LogP contribution in [0.1, 0.15) is 115 Å². The van der Waals surface area contributed by atoms with Crippen LogP contribution in [0.5, 0.6) is 0 Å². The van der Waals surface area contributed by atoms with E-state index in [1.54, 1.807) is 78.9 Å². The van der Waals surface area contributed by atoms with Crippen LogP contribution < -0.4 is 5.32 Å². The summed E-state index contributed by atoms with van der Waals surface area (Å²) >= 11 is 0. The monoisotopic (exact) mass is 1070 g/mol. The summed E-state index contributed by atoms with van der Waals surface area (Å²) in [5.41, 5.74) is -7.48. The van der Waals surface area contributed by atoms with Crippen LogP contribution in [-0.4, -0.2) is 123 Å². The number of rotatable bonds is 17. The Bertz CT molecular complexity index is 3030. The molecule has 4 aliphatic rings. The van der Waals surface area contributed by atoms with E-state index in [4.69, 9.17) is 28.4 Å². The van der Waals surface area contributed by atoms with Crippen LogP contribution >= 0.6 is 0 Å². The van der Waals surface area contributed by atoms with E-state index >= 15 is 4.79 Å². The topological polar surface area (TPSA) is 282 Å². The second-order valence-corrected chi connectivity index (χ2v) is 21.0. The first-order valence-corrected chi connectivity index (χ1v) is 25.5. The number of aliphatic hydroxyl groups excluding tert-OH is 1. The largest absolute Gasteiger partial charge is 0.478 e. The third-order valence-electron chi connectivity index (χ3n) is 15.9. The van der Waals surface area contributed by atoms with Crippen molar-refractivity contribution < 1.29 is 86.9 Å². The minimum absolute atomic E-state index is 0.00521. The molecule has 4 aromatic rings. The Balaban J connectivity index is 1.24. The van der Waals surface area contributed by atoms with E-state index < -0.39 is 143 Å². The molecule has 0 radical (unpaired) electrons. The van der Waals surface area contributed by atoms with Crippen LogP contribution in [0.25, 0.3) is 0 Å². The van der Waals surface area contributed by atoms with E-state index in [0.717, 1.165) is 13.8 Å². The predicted molar refractivity (Wildman–Crippen MR) is 273 cm³/mol. The van der Waals surface area contributed by atoms with Crippen molar-refractivity contribution in [3.05, 3.63) is 154 Å². The zero-order valence-corrected chi connectivity index (χ0v) is 43.8. The van der Waals surface area contributed by atoms with Crippen LogP contribution in [0.4, 0.5) is 0 Å². The number of carbonyl (C=O) groups excluding carboxylic acids is 8. The maximum absolute atomic E-state index is 16.3. The number of carbonyl (C=O) groups is 9. The third kappa shape index (κ3) is 10.6. The van der Waals surface area contributed by atoms with Gasteiger partial charge in [0.25, 0.3) is 5.91 Å². The van der Waals surface area contributed by atoms with Gasteiger partial charge < -0.3 is 49.1 Å². The van der Waals surface area contributed by atoms with Crippen LogP contribution in [-0.2, 0) is 63.6 Å². The highest BCUT2D eigenvalue weighted by Crippen LogP contribution is 2.65. The molecule has 8 rings (SSSR count). The van der Waals surface area contributed by atoms with Crippen molar-refractivity contribution in [2.24, 2.45) is 16.7 Å². The number of aliphatic hydroxyl groups is 2. The van der Waals surface area contributed by atoms with Crippen molar-refractivity contribution in [2.75, 3.05) is 6.61 Å². The van der Waals surface area contributed by atoms with E-state index in [-0.39, 0.29) is 47.1 Å². The van der Waals surface area contributed by atoms with Gasteiger partial charge in [-0.15, -0.1) is 0 Å². The number of carboxylic acid groups (broad SMARTS) is 1. The van der Waals surface area contributed by atoms with E-state index in [1.807, 2.05) is 0 Å². The number of hydrogen-bond acceptors (Lipinski definition) is 17. The summed E-state index contributed by atoms with van der Waals surface area (Å²) in [6, 6.07) is 28.1. The van der Waals surface area contributed by atoms with Crippen molar-refractivity contribution in [3.63, 3.8) is 0 Å². The van der Waals surface area contributed by atoms with Gasteiger partial charge in [-0.05, 0) is 72.5 Å². The standard InChI is InChI=1S/C59H61NO18/c1-32-41(75-55(71)47(65)46(36-16-10-7-11-17-36)60-52(67)37-18-12-8-13-19-37)30-59(72)51(77-54(70)39-20-14-9-15-21-39)49-57(6,50(66)48(74-33(2)61)45(32)56(59,4)5)42(29-43-58(49,31-73-43)78-34(3)62)76-44(64)27-26-40(63)28-35-22-24-38(25-23-35)53(68)69/h7-25,41-43,46-49,51,65,72H,26-31H2,1-6H3,(H,60,67)(H,68,69)/t41-,42-,43+,46-,47+,48+,49-,51-,57+,58-,59+/m0/s1. The first-order chi connectivity index (χ1) is 36.9. The number of Topliss-reactive ketones (excluding diaryl/α,β-unsaturated/α-hetero) is 2. The number of aromatic carboxylic acids is 1. The number of esters is 5. The molecule has 2 saturated carbocycles. The first-order valence-electron chi connectivity index (χ1n) is 25.5. The zero-order valence-electron chi connectivity index (χ0n) is 43.8. The number of ketones is 2. The molecule has 410 valence electrons. The Morgan fingerprint density at radius 3 is 1.91 bits per heavy atom. The normalized spacial score (nSPS) is 27.5. The summed E-state index contributed by atoms with van der Waals surface area (Å²) in [5, 5.41) is 38.0. The highest BCUT2D eigenvalue weighted by Gasteiger charge is 2.79. The number of benzene rings is 4. The highest BCUT2D eigenvalue weighted by molar-refractivity contribution is 5.97. The van der Waals surface area contributed by atoms with Gasteiger partial charge in [0.15, 0.2) is 23.6 Å². The summed E-state index contributed by atoms with van der Waals surface area (Å²) in [6.07, 6.45) is -12.4. The Morgan fingerprint density at radius 2 is 1.35 bits per heavy atom. The average molecular weight is 1070 g/mol. The van der Waals surface area contributed by atoms with Crippen molar-refractivity contribution in [1.29, 1.82) is 0 Å². The molecule has 0 unspecified atom stereocenters. The Labute approximate surface area is 449 Å². The molecule has 1 heterocycles. The molecule has 0 spiro atoms. The summed E-state index contributed by atoms with van der Waals surface area (Å²) in [7, 11) is 0. The molecule has 4 aromatic carbocycles. The molecule has 0 aromatic heterocycles. The second kappa shape index (κ2) is 22.2. The number of fused-ring (bicyclic) bond motifs is 5. The van der Waals surface area contributed by atoms with E-state index in [1.165, 1.54) is 64.1 Å². The van der Waals surface area contributed by atoms with Gasteiger partial charge >= 0.3 is 35.8 Å². The van der Waals surface area contributed by atoms with Gasteiger partial charge in [0.05, 0.1) is 41.5 Å². The molecule has 19 heteroatoms. The quantitative estimate of drug-likeness (QED) is 0.0571. The minimum Gasteiger partial charge on any atom is -0.478 e. The van der Waals surface area contributed by atoms with Gasteiger partial charge in [0, 0.05) is 50.5 Å². The lowest BCUT2D eigenvalue weighted by Gasteiger charge is -2.67. The molecule has 1 saturated heterocycles. The Kier molecular flexibility index (Phi) is 16.1. The third-order valence-corrected chi connectivity index (χ3v) is 15.9. The molecular weight excluding hydrogens is 1010 g/mol. The highest BCUT2D eigenvalue weighted by atomic mass is 16.6. The van der Waals surface area contributed by atoms with Crippen LogP contribution in [0.15, 0.2) is 126 Å². The van der Waals surface area contributed by atoms with E-state index in [9.17, 15) is 53.7 Å². The molecule has 2 bridgehead atoms. The maximum Gasteiger partial charge on any atom is 0.338 e. The maximum atomic E-state index is 16.3. The van der Waals surface area contributed by atoms with E-state index in [2.05, 4.69) is 5.32 Å². The van der Waals surface area contributed by atoms with Crippen molar-refractivity contribution in [3.8, 4) is 0 Å². The molecule has 11 atom stereocenters. The van der Waals surface area contributed by atoms with Crippen molar-refractivity contribution in [2.45, 2.75) is 128 Å². The van der Waals surface area contributed by atoms with Crippen LogP contribution in [0, 0.1) is 16.7 Å². The summed E-state index contributed by atoms with van der Waals surface area (Å²) in [6.45, 7) is 7.62. The molecule has 19 nitrogen and oxygen atoms in total. The van der Waals surface area contributed by atoms with Gasteiger partial charge in [-0.3, -0.25) is 28.8 Å². The Hall–Kier alpha value is -7.87. The van der Waals surface area contributed by atoms with Crippen LogP contribution in [0.2, 0.25) is 0 Å². The fourth-order valence-corrected chi connectivity index (χ4v) is 11.9. The SMILES string of the molecule is CC(=O)O[C@H]1C(=O)[C@]2(C)[C@@H](OC(=O)CCC(=O)Cc3ccc(C(=O)O)cc3)C[C@H]3OC[C@@]3(OC(C)=O)[C@H]2[C@H](OC(=O)c2ccccc2)[C@]2(O)C[C@H](OC(=O)[C@H](O)[C@@H](NC(=O)c3ccccc3)c3ccccc3)C(C)=C1C2(C)C. The molecular formula is C59H61NO18. The summed E-state index contributed by atoms with van der Waals surface area (Å²) in [5.74, 6) is -9.97. The number of nitrogens with one attached hydrogen (secondary N) is 1. The predicted octanol–water partition coefficient (Wildman–Crippen LogP) is 5.58. The lowest BCUT2D eigenvalue weighted by Crippen LogP contribution is -2.82. The summed E-state index contributed by atoms with van der Waals surface area (Å²) < 4.78 is 37.2. The van der Waals surface area contributed by atoms with Gasteiger partial charge in [-0.1, -0.05) is 92.7 Å². The summed E-state index contributed by atoms with van der Waals surface area (Å²) in [4.78, 5) is 125. The molecule has 4 N–H and O–H groups in total. The van der Waals surface area contributed by atoms with Gasteiger partial charge in [-0.25, -0.2) is 14.4 Å². The lowest BCUT2D eigenvalue weighted by molar-refractivity contribution is -0.346. The minimum atomic E-state index is -2.54. The van der Waals surface area contributed by atoms with Crippen LogP contribution in [0.3, 0.4) is 0 Å². The smallest absolute Gasteiger partial charge is 0.338 e. The fraction of sp³-hybridized carbons (Fsp3) is 0.407. The van der Waals surface area contributed by atoms with Crippen molar-refractivity contribution >= 4 is 53.3 Å². The number of hydrogen-bond donors (Lipinski definition) is 4. The second-order valence-electron chi connectivity index (χ2n) is 21.0. The lowest BCUT2D eigenvalue weighted by atomic mass is 9.44. The molecule has 1 aliphatic heterocycles. The van der Waals surface area contributed by atoms with Gasteiger partial charge in [-0.2, -0.15) is 0 Å². The number of carboxylic acids is 1. The van der Waals surface area contributed by atoms with E-state index in [0.29, 0.717) is 11.1 Å². The average Bonchev–Trinajstić information content (AvgIpc) is 3.30.